The van der Waals surface area contributed by atoms with Gasteiger partial charge in [-0.15, -0.1) is 11.8 Å². The normalized spacial score (nSPS) is 15.6. The molecule has 1 aliphatic heterocycles. The Morgan fingerprint density at radius 1 is 1.40 bits per heavy atom. The lowest BCUT2D eigenvalue weighted by atomic mass is 10.1. The molecule has 1 aromatic carbocycles. The summed E-state index contributed by atoms with van der Waals surface area (Å²) in [5, 5.41) is 3.89. The second kappa shape index (κ2) is 5.28. The van der Waals surface area contributed by atoms with Crippen molar-refractivity contribution in [1.82, 2.24) is 4.90 Å². The second-order valence-corrected chi connectivity index (χ2v) is 5.09. The Balaban J connectivity index is 2.22. The number of thioether (sulfide) groups is 1. The number of benzene rings is 1. The zero-order valence-electron chi connectivity index (χ0n) is 7.99. The van der Waals surface area contributed by atoms with Crippen LogP contribution < -0.4 is 0 Å². The highest BCUT2D eigenvalue weighted by Gasteiger charge is 2.16. The molecule has 2 rings (SSSR count). The van der Waals surface area contributed by atoms with E-state index in [4.69, 9.17) is 11.6 Å². The smallest absolute Gasteiger partial charge is 0.109 e. The Bertz CT molecular complexity index is 381. The van der Waals surface area contributed by atoms with Crippen molar-refractivity contribution in [2.24, 2.45) is 0 Å². The van der Waals surface area contributed by atoms with E-state index in [-0.39, 0.29) is 0 Å². The summed E-state index contributed by atoms with van der Waals surface area (Å²) in [7, 11) is 0. The molecule has 0 aromatic heterocycles. The molecule has 1 heterocycles. The van der Waals surface area contributed by atoms with Crippen LogP contribution in [0.3, 0.4) is 0 Å². The van der Waals surface area contributed by atoms with Gasteiger partial charge >= 0.3 is 0 Å². The Labute approximate surface area is 108 Å². The predicted molar refractivity (Wildman–Crippen MR) is 71.8 cm³/mol. The highest BCUT2D eigenvalue weighted by Crippen LogP contribution is 2.34. The van der Waals surface area contributed by atoms with E-state index in [1.165, 1.54) is 11.3 Å². The third-order valence-corrected chi connectivity index (χ3v) is 3.45. The SMILES string of the molecule is Clc1cccc(C2=CS[CH]N2CCBr)c1. The fourth-order valence-corrected chi connectivity index (χ4v) is 2.84. The van der Waals surface area contributed by atoms with Gasteiger partial charge in [0.2, 0.25) is 0 Å². The first-order valence-electron chi connectivity index (χ1n) is 4.59. The van der Waals surface area contributed by atoms with Crippen molar-refractivity contribution in [2.75, 3.05) is 11.9 Å². The van der Waals surface area contributed by atoms with Gasteiger partial charge in [-0.3, -0.25) is 0 Å². The highest BCUT2D eigenvalue weighted by molar-refractivity contribution is 9.09. The van der Waals surface area contributed by atoms with Crippen LogP contribution in [0, 0.1) is 5.88 Å². The molecule has 1 radical (unpaired) electrons. The third kappa shape index (κ3) is 2.71. The molecule has 0 saturated carbocycles. The van der Waals surface area contributed by atoms with Gasteiger partial charge in [0.1, 0.15) is 5.88 Å². The molecule has 79 valence electrons. The molecular weight excluding hydrogens is 294 g/mol. The molecule has 0 atom stereocenters. The van der Waals surface area contributed by atoms with E-state index in [0.717, 1.165) is 16.9 Å². The van der Waals surface area contributed by atoms with Crippen LogP contribution >= 0.6 is 39.3 Å². The van der Waals surface area contributed by atoms with Crippen LogP contribution in [0.5, 0.6) is 0 Å². The standard InChI is InChI=1S/C11H10BrClNS/c12-4-5-14-8-15-7-11(14)9-2-1-3-10(13)6-9/h1-3,6-8H,4-5H2. The summed E-state index contributed by atoms with van der Waals surface area (Å²) in [6, 6.07) is 7.95. The molecule has 0 saturated heterocycles. The molecular formula is C11H10BrClNS. The molecule has 1 aromatic rings. The van der Waals surface area contributed by atoms with Gasteiger partial charge < -0.3 is 4.90 Å². The van der Waals surface area contributed by atoms with E-state index in [2.05, 4.69) is 38.2 Å². The maximum absolute atomic E-state index is 5.98. The molecule has 0 spiro atoms. The van der Waals surface area contributed by atoms with Crippen molar-refractivity contribution in [2.45, 2.75) is 0 Å². The van der Waals surface area contributed by atoms with Crippen molar-refractivity contribution < 1.29 is 0 Å². The van der Waals surface area contributed by atoms with Gasteiger partial charge in [0.05, 0.1) is 5.70 Å². The van der Waals surface area contributed by atoms with Crippen LogP contribution in [0.2, 0.25) is 5.02 Å². The lowest BCUT2D eigenvalue weighted by Crippen LogP contribution is -2.17. The fraction of sp³-hybridized carbons (Fsp3) is 0.182. The Hall–Kier alpha value is -0.120. The summed E-state index contributed by atoms with van der Waals surface area (Å²) in [5.41, 5.74) is 2.40. The van der Waals surface area contributed by atoms with Crippen molar-refractivity contribution in [3.63, 3.8) is 0 Å². The van der Waals surface area contributed by atoms with E-state index < -0.39 is 0 Å². The molecule has 1 aliphatic rings. The summed E-state index contributed by atoms with van der Waals surface area (Å²) in [6.07, 6.45) is 0. The summed E-state index contributed by atoms with van der Waals surface area (Å²) in [4.78, 5) is 2.23. The minimum absolute atomic E-state index is 0.782. The van der Waals surface area contributed by atoms with E-state index in [1.54, 1.807) is 11.8 Å². The van der Waals surface area contributed by atoms with Gasteiger partial charge in [-0.25, -0.2) is 0 Å². The maximum atomic E-state index is 5.98. The average molecular weight is 304 g/mol. The quantitative estimate of drug-likeness (QED) is 0.770. The van der Waals surface area contributed by atoms with Crippen molar-refractivity contribution >= 4 is 45.0 Å². The minimum atomic E-state index is 0.782. The summed E-state index contributed by atoms with van der Waals surface area (Å²) < 4.78 is 0. The van der Waals surface area contributed by atoms with E-state index in [1.807, 2.05) is 18.2 Å². The lowest BCUT2D eigenvalue weighted by Gasteiger charge is -2.19. The van der Waals surface area contributed by atoms with Gasteiger partial charge in [-0.2, -0.15) is 0 Å². The number of rotatable bonds is 3. The Kier molecular flexibility index (Phi) is 4.00. The largest absolute Gasteiger partial charge is 0.355 e. The molecule has 4 heteroatoms. The van der Waals surface area contributed by atoms with Crippen LogP contribution in [0.1, 0.15) is 5.56 Å². The van der Waals surface area contributed by atoms with Gasteiger partial charge in [0.15, 0.2) is 0 Å². The second-order valence-electron chi connectivity index (χ2n) is 3.14. The number of alkyl halides is 1. The first kappa shape index (κ1) is 11.4. The molecule has 0 bridgehead atoms. The minimum Gasteiger partial charge on any atom is -0.355 e. The number of hydrogen-bond donors (Lipinski definition) is 0. The van der Waals surface area contributed by atoms with Crippen molar-refractivity contribution in [3.8, 4) is 0 Å². The Morgan fingerprint density at radius 2 is 2.27 bits per heavy atom. The third-order valence-electron chi connectivity index (χ3n) is 2.12. The predicted octanol–water partition coefficient (Wildman–Crippen LogP) is 4.20. The first-order chi connectivity index (χ1) is 7.31. The van der Waals surface area contributed by atoms with Crippen LogP contribution in [0.25, 0.3) is 5.70 Å². The molecule has 1 nitrogen and oxygen atoms in total. The summed E-state index contributed by atoms with van der Waals surface area (Å²) in [5.74, 6) is 2.12. The van der Waals surface area contributed by atoms with Gasteiger partial charge in [-0.1, -0.05) is 39.7 Å². The monoisotopic (exact) mass is 302 g/mol. The molecule has 0 amide bonds. The molecule has 0 N–H and O–H groups in total. The zero-order chi connectivity index (χ0) is 10.7. The maximum Gasteiger partial charge on any atom is 0.109 e. The van der Waals surface area contributed by atoms with Gasteiger partial charge in [0.25, 0.3) is 0 Å². The van der Waals surface area contributed by atoms with E-state index >= 15 is 0 Å². The summed E-state index contributed by atoms with van der Waals surface area (Å²) >= 11 is 11.1. The number of nitrogens with zero attached hydrogens (tertiary/aromatic N) is 1. The Morgan fingerprint density at radius 3 is 3.00 bits per heavy atom. The van der Waals surface area contributed by atoms with Gasteiger partial charge in [0, 0.05) is 16.9 Å². The van der Waals surface area contributed by atoms with Crippen LogP contribution in [-0.2, 0) is 0 Å². The molecule has 15 heavy (non-hydrogen) atoms. The zero-order valence-corrected chi connectivity index (χ0v) is 11.1. The molecule has 0 fully saturated rings. The van der Waals surface area contributed by atoms with E-state index in [0.29, 0.717) is 0 Å². The van der Waals surface area contributed by atoms with Crippen molar-refractivity contribution in [1.29, 1.82) is 0 Å². The fourth-order valence-electron chi connectivity index (χ4n) is 1.44. The topological polar surface area (TPSA) is 3.24 Å². The van der Waals surface area contributed by atoms with Gasteiger partial charge in [-0.05, 0) is 23.1 Å². The summed E-state index contributed by atoms with van der Waals surface area (Å²) in [6.45, 7) is 0.978. The van der Waals surface area contributed by atoms with Crippen molar-refractivity contribution in [3.05, 3.63) is 46.1 Å². The first-order valence-corrected chi connectivity index (χ1v) is 7.03. The average Bonchev–Trinajstić information content (AvgIpc) is 2.66. The van der Waals surface area contributed by atoms with Crippen LogP contribution in [0.15, 0.2) is 29.7 Å². The number of halogens is 2. The highest BCUT2D eigenvalue weighted by atomic mass is 79.9. The molecule has 0 aliphatic carbocycles. The van der Waals surface area contributed by atoms with Crippen LogP contribution in [-0.4, -0.2) is 16.8 Å². The molecule has 0 unspecified atom stereocenters. The van der Waals surface area contributed by atoms with E-state index in [9.17, 15) is 0 Å². The lowest BCUT2D eigenvalue weighted by molar-refractivity contribution is 0.556. The van der Waals surface area contributed by atoms with Crippen LogP contribution in [0.4, 0.5) is 0 Å². The number of hydrogen-bond acceptors (Lipinski definition) is 2.